The summed E-state index contributed by atoms with van der Waals surface area (Å²) in [6, 6.07) is 0.386. The van der Waals surface area contributed by atoms with Crippen LogP contribution < -0.4 is 10.6 Å². The number of urea groups is 1. The van der Waals surface area contributed by atoms with Gasteiger partial charge in [0.25, 0.3) is 0 Å². The van der Waals surface area contributed by atoms with Gasteiger partial charge in [-0.1, -0.05) is 6.92 Å². The molecule has 15 heavy (non-hydrogen) atoms. The average molecular weight is 214 g/mol. The van der Waals surface area contributed by atoms with E-state index in [0.717, 1.165) is 38.9 Å². The number of carbonyl (C=O) groups excluding carboxylic acids is 1. The zero-order valence-corrected chi connectivity index (χ0v) is 9.55. The van der Waals surface area contributed by atoms with Crippen molar-refractivity contribution in [1.29, 1.82) is 0 Å². The van der Waals surface area contributed by atoms with E-state index in [1.807, 2.05) is 0 Å². The fraction of sp³-hybridized carbons (Fsp3) is 0.909. The molecule has 0 radical (unpaired) electrons. The third-order valence-electron chi connectivity index (χ3n) is 2.54. The van der Waals surface area contributed by atoms with Crippen molar-refractivity contribution in [2.24, 2.45) is 0 Å². The van der Waals surface area contributed by atoms with E-state index in [2.05, 4.69) is 17.6 Å². The predicted octanol–water partition coefficient (Wildman–Crippen LogP) is 1.65. The maximum atomic E-state index is 11.3. The van der Waals surface area contributed by atoms with Gasteiger partial charge in [-0.2, -0.15) is 0 Å². The molecular weight excluding hydrogens is 192 g/mol. The van der Waals surface area contributed by atoms with Gasteiger partial charge in [0, 0.05) is 25.8 Å². The number of rotatable bonds is 7. The van der Waals surface area contributed by atoms with Crippen molar-refractivity contribution in [3.05, 3.63) is 0 Å². The minimum Gasteiger partial charge on any atom is -0.381 e. The minimum atomic E-state index is -0.0322. The molecule has 2 amide bonds. The van der Waals surface area contributed by atoms with Gasteiger partial charge in [0.2, 0.25) is 0 Å². The van der Waals surface area contributed by atoms with Crippen LogP contribution in [0.2, 0.25) is 0 Å². The second-order valence-corrected chi connectivity index (χ2v) is 3.99. The highest BCUT2D eigenvalue weighted by atomic mass is 16.5. The number of hydrogen-bond donors (Lipinski definition) is 2. The highest BCUT2D eigenvalue weighted by Gasteiger charge is 2.18. The molecule has 1 rings (SSSR count). The molecule has 2 N–H and O–H groups in total. The van der Waals surface area contributed by atoms with Gasteiger partial charge in [0.15, 0.2) is 0 Å². The first kappa shape index (κ1) is 12.3. The molecule has 1 fully saturated rings. The molecule has 0 bridgehead atoms. The molecule has 0 atom stereocenters. The number of carbonyl (C=O) groups is 1. The molecule has 1 aliphatic carbocycles. The smallest absolute Gasteiger partial charge is 0.315 e. The number of ether oxygens (including phenoxy) is 1. The van der Waals surface area contributed by atoms with Crippen molar-refractivity contribution in [1.82, 2.24) is 10.6 Å². The molecular formula is C11H22N2O2. The first-order chi connectivity index (χ1) is 7.33. The molecule has 0 aromatic rings. The largest absolute Gasteiger partial charge is 0.381 e. The van der Waals surface area contributed by atoms with Crippen molar-refractivity contribution in [3.63, 3.8) is 0 Å². The van der Waals surface area contributed by atoms with Crippen LogP contribution in [0.4, 0.5) is 4.79 Å². The molecule has 4 nitrogen and oxygen atoms in total. The van der Waals surface area contributed by atoms with Crippen LogP contribution >= 0.6 is 0 Å². The van der Waals surface area contributed by atoms with Crippen molar-refractivity contribution in [2.75, 3.05) is 19.8 Å². The van der Waals surface area contributed by atoms with Crippen molar-refractivity contribution in [2.45, 2.75) is 45.1 Å². The highest BCUT2D eigenvalue weighted by molar-refractivity contribution is 5.74. The molecule has 0 aliphatic heterocycles. The topological polar surface area (TPSA) is 50.4 Å². The highest BCUT2D eigenvalue weighted by Crippen LogP contribution is 2.17. The Kier molecular flexibility index (Phi) is 6.16. The van der Waals surface area contributed by atoms with E-state index >= 15 is 0 Å². The van der Waals surface area contributed by atoms with E-state index in [0.29, 0.717) is 12.6 Å². The summed E-state index contributed by atoms with van der Waals surface area (Å²) in [5.41, 5.74) is 0. The van der Waals surface area contributed by atoms with Gasteiger partial charge in [-0.05, 0) is 32.1 Å². The third-order valence-corrected chi connectivity index (χ3v) is 2.54. The monoisotopic (exact) mass is 214 g/mol. The summed E-state index contributed by atoms with van der Waals surface area (Å²) >= 11 is 0. The van der Waals surface area contributed by atoms with Gasteiger partial charge in [-0.3, -0.25) is 0 Å². The molecule has 0 aromatic heterocycles. The Bertz CT molecular complexity index is 181. The molecule has 0 heterocycles. The Balaban J connectivity index is 1.83. The molecule has 0 spiro atoms. The molecule has 0 unspecified atom stereocenters. The Labute approximate surface area is 91.8 Å². The average Bonchev–Trinajstić information content (AvgIpc) is 2.17. The second-order valence-electron chi connectivity index (χ2n) is 3.99. The number of hydrogen-bond acceptors (Lipinski definition) is 2. The van der Waals surface area contributed by atoms with Gasteiger partial charge in [-0.15, -0.1) is 0 Å². The van der Waals surface area contributed by atoms with Crippen LogP contribution in [0.5, 0.6) is 0 Å². The Morgan fingerprint density at radius 2 is 2.20 bits per heavy atom. The van der Waals surface area contributed by atoms with Gasteiger partial charge >= 0.3 is 6.03 Å². The van der Waals surface area contributed by atoms with E-state index in [1.54, 1.807) is 0 Å². The third kappa shape index (κ3) is 5.62. The summed E-state index contributed by atoms with van der Waals surface area (Å²) in [5, 5.41) is 5.76. The van der Waals surface area contributed by atoms with Crippen molar-refractivity contribution < 1.29 is 9.53 Å². The SMILES string of the molecule is CCCOCCCNC(=O)NC1CCC1. The standard InChI is InChI=1S/C11H22N2O2/c1-2-8-15-9-4-7-12-11(14)13-10-5-3-6-10/h10H,2-9H2,1H3,(H2,12,13,14). The van der Waals surface area contributed by atoms with Gasteiger partial charge in [-0.25, -0.2) is 4.79 Å². The van der Waals surface area contributed by atoms with E-state index in [4.69, 9.17) is 4.74 Å². The molecule has 1 aliphatic rings. The minimum absolute atomic E-state index is 0.0322. The first-order valence-corrected chi connectivity index (χ1v) is 5.95. The lowest BCUT2D eigenvalue weighted by molar-refractivity contribution is 0.132. The fourth-order valence-electron chi connectivity index (χ4n) is 1.41. The summed E-state index contributed by atoms with van der Waals surface area (Å²) in [7, 11) is 0. The Hall–Kier alpha value is -0.770. The van der Waals surface area contributed by atoms with Crippen molar-refractivity contribution in [3.8, 4) is 0 Å². The van der Waals surface area contributed by atoms with E-state index < -0.39 is 0 Å². The van der Waals surface area contributed by atoms with Crippen LogP contribution in [0.25, 0.3) is 0 Å². The zero-order valence-electron chi connectivity index (χ0n) is 9.55. The van der Waals surface area contributed by atoms with E-state index in [9.17, 15) is 4.79 Å². The normalized spacial score (nSPS) is 15.8. The lowest BCUT2D eigenvalue weighted by atomic mass is 9.93. The summed E-state index contributed by atoms with van der Waals surface area (Å²) in [5.74, 6) is 0. The predicted molar refractivity (Wildman–Crippen MR) is 59.9 cm³/mol. The summed E-state index contributed by atoms with van der Waals surface area (Å²) in [6.07, 6.45) is 5.45. The van der Waals surface area contributed by atoms with Crippen molar-refractivity contribution >= 4 is 6.03 Å². The maximum Gasteiger partial charge on any atom is 0.315 e. The van der Waals surface area contributed by atoms with E-state index in [-0.39, 0.29) is 6.03 Å². The zero-order chi connectivity index (χ0) is 10.9. The van der Waals surface area contributed by atoms with Crippen LogP contribution in [0.1, 0.15) is 39.0 Å². The lowest BCUT2D eigenvalue weighted by Crippen LogP contribution is -2.45. The molecule has 0 saturated heterocycles. The van der Waals surface area contributed by atoms with Crippen LogP contribution in [0, 0.1) is 0 Å². The molecule has 88 valence electrons. The first-order valence-electron chi connectivity index (χ1n) is 5.95. The summed E-state index contributed by atoms with van der Waals surface area (Å²) in [4.78, 5) is 11.3. The second kappa shape index (κ2) is 7.51. The van der Waals surface area contributed by atoms with Gasteiger partial charge in [0.1, 0.15) is 0 Å². The maximum absolute atomic E-state index is 11.3. The van der Waals surface area contributed by atoms with Crippen LogP contribution in [-0.4, -0.2) is 31.8 Å². The summed E-state index contributed by atoms with van der Waals surface area (Å²) < 4.78 is 5.31. The number of amides is 2. The van der Waals surface area contributed by atoms with Gasteiger partial charge < -0.3 is 15.4 Å². The lowest BCUT2D eigenvalue weighted by Gasteiger charge is -2.26. The van der Waals surface area contributed by atoms with E-state index in [1.165, 1.54) is 6.42 Å². The Morgan fingerprint density at radius 3 is 2.80 bits per heavy atom. The Morgan fingerprint density at radius 1 is 1.40 bits per heavy atom. The van der Waals surface area contributed by atoms with Crippen LogP contribution in [-0.2, 0) is 4.74 Å². The molecule has 0 aromatic carbocycles. The quantitative estimate of drug-likeness (QED) is 0.633. The summed E-state index contributed by atoms with van der Waals surface area (Å²) in [6.45, 7) is 4.33. The fourth-order valence-corrected chi connectivity index (χ4v) is 1.41. The van der Waals surface area contributed by atoms with Gasteiger partial charge in [0.05, 0.1) is 0 Å². The molecule has 4 heteroatoms. The van der Waals surface area contributed by atoms with Crippen LogP contribution in [0.3, 0.4) is 0 Å². The molecule has 1 saturated carbocycles. The van der Waals surface area contributed by atoms with Crippen LogP contribution in [0.15, 0.2) is 0 Å². The number of nitrogens with one attached hydrogen (secondary N) is 2.